The molecule has 9 nitrogen and oxygen atoms in total. The third-order valence-electron chi connectivity index (χ3n) is 3.49. The van der Waals surface area contributed by atoms with Crippen LogP contribution in [-0.4, -0.2) is 54.6 Å². The number of benzene rings is 1. The first-order valence-electron chi connectivity index (χ1n) is 8.24. The van der Waals surface area contributed by atoms with Crippen LogP contribution in [0.1, 0.15) is 13.8 Å². The maximum Gasteiger partial charge on any atom is 0.277 e. The number of likely N-dealkylation sites (N-methyl/N-ethyl adjacent to an activating group) is 1. The van der Waals surface area contributed by atoms with E-state index in [1.165, 1.54) is 7.11 Å². The van der Waals surface area contributed by atoms with Crippen LogP contribution >= 0.6 is 11.8 Å². The molecule has 1 heterocycles. The molecule has 1 atom stereocenters. The van der Waals surface area contributed by atoms with Gasteiger partial charge in [-0.1, -0.05) is 11.8 Å². The van der Waals surface area contributed by atoms with Crippen molar-refractivity contribution >= 4 is 23.6 Å². The van der Waals surface area contributed by atoms with Crippen molar-refractivity contribution in [3.8, 4) is 23.0 Å². The lowest BCUT2D eigenvalue weighted by molar-refractivity contribution is -0.127. The Hall–Kier alpha value is -2.75. The number of aromatic nitrogens is 2. The van der Waals surface area contributed by atoms with Crippen molar-refractivity contribution in [1.82, 2.24) is 20.8 Å². The molecule has 1 aromatic carbocycles. The Bertz CT molecular complexity index is 795. The number of methoxy groups -OCH3 is 2. The van der Waals surface area contributed by atoms with E-state index in [0.717, 1.165) is 11.8 Å². The summed E-state index contributed by atoms with van der Waals surface area (Å²) < 4.78 is 16.1. The SMILES string of the molecule is CCNC(=O)[C@H](C)NC(=O)CSc1nnc(-c2ccc(OC)cc2OC)o1. The van der Waals surface area contributed by atoms with Gasteiger partial charge in [-0.05, 0) is 26.0 Å². The first kappa shape index (κ1) is 20.6. The molecule has 0 aliphatic rings. The summed E-state index contributed by atoms with van der Waals surface area (Å²) in [6.07, 6.45) is 0. The van der Waals surface area contributed by atoms with Crippen LogP contribution in [0.25, 0.3) is 11.5 Å². The summed E-state index contributed by atoms with van der Waals surface area (Å²) >= 11 is 1.08. The lowest BCUT2D eigenvalue weighted by atomic mass is 10.2. The third kappa shape index (κ3) is 5.61. The minimum atomic E-state index is -0.611. The summed E-state index contributed by atoms with van der Waals surface area (Å²) in [5.74, 6) is 0.951. The van der Waals surface area contributed by atoms with Crippen LogP contribution in [-0.2, 0) is 9.59 Å². The van der Waals surface area contributed by atoms with Crippen LogP contribution in [0.15, 0.2) is 27.8 Å². The van der Waals surface area contributed by atoms with E-state index in [0.29, 0.717) is 23.6 Å². The molecule has 0 unspecified atom stereocenters. The van der Waals surface area contributed by atoms with Crippen LogP contribution in [0.3, 0.4) is 0 Å². The summed E-state index contributed by atoms with van der Waals surface area (Å²) in [4.78, 5) is 23.6. The quantitative estimate of drug-likeness (QED) is 0.615. The zero-order chi connectivity index (χ0) is 19.8. The highest BCUT2D eigenvalue weighted by Gasteiger charge is 2.18. The van der Waals surface area contributed by atoms with Gasteiger partial charge < -0.3 is 24.5 Å². The van der Waals surface area contributed by atoms with Crippen LogP contribution in [0.5, 0.6) is 11.5 Å². The lowest BCUT2D eigenvalue weighted by Crippen LogP contribution is -2.45. The Morgan fingerprint density at radius 2 is 2.04 bits per heavy atom. The molecular formula is C17H22N4O5S. The number of hydrogen-bond acceptors (Lipinski definition) is 8. The van der Waals surface area contributed by atoms with Gasteiger partial charge in [0.15, 0.2) is 0 Å². The van der Waals surface area contributed by atoms with Gasteiger partial charge in [-0.25, -0.2) is 0 Å². The van der Waals surface area contributed by atoms with Gasteiger partial charge in [0.05, 0.1) is 25.5 Å². The highest BCUT2D eigenvalue weighted by molar-refractivity contribution is 7.99. The second-order valence-corrected chi connectivity index (χ2v) is 6.34. The summed E-state index contributed by atoms with van der Waals surface area (Å²) in [5.41, 5.74) is 0.618. The summed E-state index contributed by atoms with van der Waals surface area (Å²) in [6, 6.07) is 4.60. The second kappa shape index (κ2) is 9.81. The smallest absolute Gasteiger partial charge is 0.277 e. The fraction of sp³-hybridized carbons (Fsp3) is 0.412. The zero-order valence-electron chi connectivity index (χ0n) is 15.6. The molecule has 10 heteroatoms. The lowest BCUT2D eigenvalue weighted by Gasteiger charge is -2.12. The molecule has 0 aliphatic carbocycles. The molecule has 1 aromatic heterocycles. The van der Waals surface area contributed by atoms with Gasteiger partial charge in [0.1, 0.15) is 17.5 Å². The van der Waals surface area contributed by atoms with Crippen molar-refractivity contribution in [1.29, 1.82) is 0 Å². The molecule has 0 saturated heterocycles. The summed E-state index contributed by atoms with van der Waals surface area (Å²) in [6.45, 7) is 3.94. The van der Waals surface area contributed by atoms with Crippen molar-refractivity contribution in [2.45, 2.75) is 25.1 Å². The molecule has 27 heavy (non-hydrogen) atoms. The number of ether oxygens (including phenoxy) is 2. The van der Waals surface area contributed by atoms with E-state index in [4.69, 9.17) is 13.9 Å². The highest BCUT2D eigenvalue weighted by atomic mass is 32.2. The fourth-order valence-electron chi connectivity index (χ4n) is 2.16. The maximum absolute atomic E-state index is 11.9. The van der Waals surface area contributed by atoms with Gasteiger partial charge in [-0.15, -0.1) is 10.2 Å². The summed E-state index contributed by atoms with van der Waals surface area (Å²) in [5, 5.41) is 13.4. The Labute approximate surface area is 161 Å². The van der Waals surface area contributed by atoms with Crippen LogP contribution in [0.2, 0.25) is 0 Å². The largest absolute Gasteiger partial charge is 0.497 e. The van der Waals surface area contributed by atoms with Crippen molar-refractivity contribution in [3.05, 3.63) is 18.2 Å². The third-order valence-corrected chi connectivity index (χ3v) is 4.31. The number of rotatable bonds is 9. The highest BCUT2D eigenvalue weighted by Crippen LogP contribution is 2.33. The number of thioether (sulfide) groups is 1. The van der Waals surface area contributed by atoms with E-state index in [9.17, 15) is 9.59 Å². The number of nitrogens with zero attached hydrogens (tertiary/aromatic N) is 2. The molecule has 2 rings (SSSR count). The Kier molecular flexibility index (Phi) is 7.47. The predicted molar refractivity (Wildman–Crippen MR) is 99.9 cm³/mol. The van der Waals surface area contributed by atoms with E-state index in [1.54, 1.807) is 32.2 Å². The van der Waals surface area contributed by atoms with Crippen molar-refractivity contribution in [3.63, 3.8) is 0 Å². The van der Waals surface area contributed by atoms with E-state index < -0.39 is 6.04 Å². The zero-order valence-corrected chi connectivity index (χ0v) is 16.4. The minimum absolute atomic E-state index is 0.0468. The molecule has 0 saturated carbocycles. The molecule has 0 fully saturated rings. The molecule has 0 radical (unpaired) electrons. The number of nitrogens with one attached hydrogen (secondary N) is 2. The van der Waals surface area contributed by atoms with Crippen molar-refractivity contribution < 1.29 is 23.5 Å². The second-order valence-electron chi connectivity index (χ2n) is 5.41. The number of hydrogen-bond donors (Lipinski definition) is 2. The normalized spacial score (nSPS) is 11.6. The first-order valence-corrected chi connectivity index (χ1v) is 9.22. The number of carbonyl (C=O) groups excluding carboxylic acids is 2. The standard InChI is InChI=1S/C17H22N4O5S/c1-5-18-15(23)10(2)19-14(22)9-27-17-21-20-16(26-17)12-7-6-11(24-3)8-13(12)25-4/h6-8,10H,5,9H2,1-4H3,(H,18,23)(H,19,22)/t10-/m0/s1. The van der Waals surface area contributed by atoms with Gasteiger partial charge in [0.2, 0.25) is 11.8 Å². The summed E-state index contributed by atoms with van der Waals surface area (Å²) in [7, 11) is 3.10. The molecule has 0 spiro atoms. The Balaban J connectivity index is 1.96. The van der Waals surface area contributed by atoms with Gasteiger partial charge >= 0.3 is 0 Å². The van der Waals surface area contributed by atoms with Gasteiger partial charge in [0, 0.05) is 12.6 Å². The molecule has 2 aromatic rings. The van der Waals surface area contributed by atoms with E-state index in [1.807, 2.05) is 6.92 Å². The van der Waals surface area contributed by atoms with Crippen LogP contribution < -0.4 is 20.1 Å². The Morgan fingerprint density at radius 3 is 2.70 bits per heavy atom. The number of carbonyl (C=O) groups is 2. The van der Waals surface area contributed by atoms with E-state index in [2.05, 4.69) is 20.8 Å². The van der Waals surface area contributed by atoms with Crippen LogP contribution in [0, 0.1) is 0 Å². The average Bonchev–Trinajstić information content (AvgIpc) is 3.14. The molecule has 2 amide bonds. The predicted octanol–water partition coefficient (Wildman–Crippen LogP) is 1.49. The molecule has 0 bridgehead atoms. The van der Waals surface area contributed by atoms with Crippen molar-refractivity contribution in [2.24, 2.45) is 0 Å². The maximum atomic E-state index is 11.9. The molecule has 0 aliphatic heterocycles. The van der Waals surface area contributed by atoms with Gasteiger partial charge in [-0.2, -0.15) is 0 Å². The van der Waals surface area contributed by atoms with E-state index in [-0.39, 0.29) is 28.7 Å². The minimum Gasteiger partial charge on any atom is -0.497 e. The number of amides is 2. The topological polar surface area (TPSA) is 116 Å². The van der Waals surface area contributed by atoms with Crippen LogP contribution in [0.4, 0.5) is 0 Å². The van der Waals surface area contributed by atoms with Gasteiger partial charge in [-0.3, -0.25) is 9.59 Å². The average molecular weight is 394 g/mol. The molecule has 2 N–H and O–H groups in total. The monoisotopic (exact) mass is 394 g/mol. The Morgan fingerprint density at radius 1 is 1.26 bits per heavy atom. The van der Waals surface area contributed by atoms with Crippen molar-refractivity contribution in [2.75, 3.05) is 26.5 Å². The fourth-order valence-corrected chi connectivity index (χ4v) is 2.73. The van der Waals surface area contributed by atoms with Gasteiger partial charge in [0.25, 0.3) is 11.1 Å². The first-order chi connectivity index (χ1) is 13.0. The molecule has 146 valence electrons. The van der Waals surface area contributed by atoms with E-state index >= 15 is 0 Å². The molecular weight excluding hydrogens is 372 g/mol.